The molecular weight excluding hydrogens is 291 g/mol. The van der Waals surface area contributed by atoms with Crippen LogP contribution >= 0.6 is 0 Å². The van der Waals surface area contributed by atoms with Gasteiger partial charge in [0.15, 0.2) is 0 Å². The van der Waals surface area contributed by atoms with Gasteiger partial charge in [0.25, 0.3) is 5.91 Å². The maximum Gasteiger partial charge on any atom is 0.573 e. The summed E-state index contributed by atoms with van der Waals surface area (Å²) in [6.45, 7) is 2.77. The van der Waals surface area contributed by atoms with Gasteiger partial charge in [0.2, 0.25) is 0 Å². The van der Waals surface area contributed by atoms with Crippen LogP contribution in [0.4, 0.5) is 13.2 Å². The lowest BCUT2D eigenvalue weighted by molar-refractivity contribution is -0.274. The summed E-state index contributed by atoms with van der Waals surface area (Å²) in [5.74, 6) is -2.09. The van der Waals surface area contributed by atoms with Gasteiger partial charge in [0.1, 0.15) is 5.75 Å². The molecule has 0 unspecified atom stereocenters. The minimum absolute atomic E-state index is 0.103. The molecule has 21 heavy (non-hydrogen) atoms. The van der Waals surface area contributed by atoms with Crippen LogP contribution in [0.2, 0.25) is 0 Å². The van der Waals surface area contributed by atoms with Crippen molar-refractivity contribution in [3.05, 3.63) is 29.8 Å². The third kappa shape index (κ3) is 5.33. The van der Waals surface area contributed by atoms with Gasteiger partial charge in [-0.15, -0.1) is 13.2 Å². The number of hydrogen-bond acceptors (Lipinski definition) is 3. The molecule has 0 saturated carbocycles. The molecule has 0 aliphatic heterocycles. The Labute approximate surface area is 118 Å². The number of carbonyl (C=O) groups excluding carboxylic acids is 1. The summed E-state index contributed by atoms with van der Waals surface area (Å²) in [6, 6.07) is 4.32. The Morgan fingerprint density at radius 2 is 1.71 bits per heavy atom. The van der Waals surface area contributed by atoms with E-state index in [0.29, 0.717) is 0 Å². The van der Waals surface area contributed by atoms with Gasteiger partial charge in [-0.25, -0.2) is 0 Å². The molecule has 1 amide bonds. The zero-order valence-electron chi connectivity index (χ0n) is 11.3. The Balaban J connectivity index is 2.66. The van der Waals surface area contributed by atoms with Gasteiger partial charge in [-0.1, -0.05) is 0 Å². The minimum atomic E-state index is -4.80. The largest absolute Gasteiger partial charge is 0.573 e. The molecular formula is C13H14F3NO4. The van der Waals surface area contributed by atoms with Crippen LogP contribution in [0.25, 0.3) is 0 Å². The SMILES string of the molecule is CC(C)(CNC(=O)c1ccc(OC(F)(F)F)cc1)C(=O)O. The van der Waals surface area contributed by atoms with Gasteiger partial charge in [0.05, 0.1) is 5.41 Å². The molecule has 0 spiro atoms. The molecule has 0 aromatic heterocycles. The summed E-state index contributed by atoms with van der Waals surface area (Å²) in [5, 5.41) is 11.3. The van der Waals surface area contributed by atoms with E-state index in [0.717, 1.165) is 24.3 Å². The van der Waals surface area contributed by atoms with Crippen molar-refractivity contribution in [2.75, 3.05) is 6.54 Å². The van der Waals surface area contributed by atoms with Crippen molar-refractivity contribution in [3.63, 3.8) is 0 Å². The van der Waals surface area contributed by atoms with Crippen molar-refractivity contribution < 1.29 is 32.6 Å². The number of carboxylic acid groups (broad SMARTS) is 1. The van der Waals surface area contributed by atoms with Gasteiger partial charge < -0.3 is 15.2 Å². The van der Waals surface area contributed by atoms with E-state index in [1.807, 2.05) is 0 Å². The predicted molar refractivity (Wildman–Crippen MR) is 66.9 cm³/mol. The van der Waals surface area contributed by atoms with Crippen molar-refractivity contribution in [1.82, 2.24) is 5.32 Å². The minimum Gasteiger partial charge on any atom is -0.481 e. The third-order valence-corrected chi connectivity index (χ3v) is 2.62. The Morgan fingerprint density at radius 1 is 1.19 bits per heavy atom. The van der Waals surface area contributed by atoms with Gasteiger partial charge in [0, 0.05) is 12.1 Å². The summed E-state index contributed by atoms with van der Waals surface area (Å²) in [4.78, 5) is 22.6. The molecule has 1 aromatic rings. The Hall–Kier alpha value is -2.25. The summed E-state index contributed by atoms with van der Waals surface area (Å²) in [6.07, 6.45) is -4.80. The van der Waals surface area contributed by atoms with E-state index in [1.165, 1.54) is 13.8 Å². The van der Waals surface area contributed by atoms with Gasteiger partial charge >= 0.3 is 12.3 Å². The lowest BCUT2D eigenvalue weighted by Crippen LogP contribution is -2.38. The van der Waals surface area contributed by atoms with Crippen molar-refractivity contribution in [1.29, 1.82) is 0 Å². The molecule has 5 nitrogen and oxygen atoms in total. The first-order valence-electron chi connectivity index (χ1n) is 5.89. The smallest absolute Gasteiger partial charge is 0.481 e. The van der Waals surface area contributed by atoms with E-state index in [4.69, 9.17) is 5.11 Å². The van der Waals surface area contributed by atoms with E-state index in [-0.39, 0.29) is 12.1 Å². The zero-order chi connectivity index (χ0) is 16.3. The maximum atomic E-state index is 12.0. The Bertz CT molecular complexity index is 523. The van der Waals surface area contributed by atoms with Crippen molar-refractivity contribution in [2.45, 2.75) is 20.2 Å². The first kappa shape index (κ1) is 16.8. The number of aliphatic carboxylic acids is 1. The van der Waals surface area contributed by atoms with Crippen molar-refractivity contribution >= 4 is 11.9 Å². The van der Waals surface area contributed by atoms with Gasteiger partial charge in [-0.3, -0.25) is 9.59 Å². The molecule has 116 valence electrons. The highest BCUT2D eigenvalue weighted by atomic mass is 19.4. The van der Waals surface area contributed by atoms with Crippen LogP contribution in [0.3, 0.4) is 0 Å². The molecule has 0 aliphatic rings. The van der Waals surface area contributed by atoms with E-state index >= 15 is 0 Å². The number of nitrogens with one attached hydrogen (secondary N) is 1. The fourth-order valence-electron chi connectivity index (χ4n) is 1.29. The van der Waals surface area contributed by atoms with E-state index in [9.17, 15) is 22.8 Å². The van der Waals surface area contributed by atoms with Crippen LogP contribution in [-0.2, 0) is 4.79 Å². The summed E-state index contributed by atoms with van der Waals surface area (Å²) in [5.41, 5.74) is -1.04. The van der Waals surface area contributed by atoms with Crippen LogP contribution in [0, 0.1) is 5.41 Å². The number of hydrogen-bond donors (Lipinski definition) is 2. The number of carbonyl (C=O) groups is 2. The Kier molecular flexibility index (Phi) is 4.82. The molecule has 0 radical (unpaired) electrons. The van der Waals surface area contributed by atoms with Crippen LogP contribution in [0.15, 0.2) is 24.3 Å². The zero-order valence-corrected chi connectivity index (χ0v) is 11.3. The average molecular weight is 305 g/mol. The van der Waals surface area contributed by atoms with Crippen LogP contribution < -0.4 is 10.1 Å². The Morgan fingerprint density at radius 3 is 2.14 bits per heavy atom. The fraction of sp³-hybridized carbons (Fsp3) is 0.385. The average Bonchev–Trinajstić information content (AvgIpc) is 2.35. The highest BCUT2D eigenvalue weighted by Crippen LogP contribution is 2.22. The molecule has 0 heterocycles. The van der Waals surface area contributed by atoms with Crippen molar-refractivity contribution in [3.8, 4) is 5.75 Å². The number of benzene rings is 1. The number of alkyl halides is 3. The predicted octanol–water partition coefficient (Wildman–Crippen LogP) is 2.43. The van der Waals surface area contributed by atoms with Gasteiger partial charge in [-0.2, -0.15) is 0 Å². The number of rotatable bonds is 5. The molecule has 0 bridgehead atoms. The standard InChI is InChI=1S/C13H14F3NO4/c1-12(2,11(19)20)7-17-10(18)8-3-5-9(6-4-8)21-13(14,15)16/h3-6H,7H2,1-2H3,(H,17,18)(H,19,20). The number of amides is 1. The van der Waals surface area contributed by atoms with Crippen LogP contribution in [-0.4, -0.2) is 29.9 Å². The second kappa shape index (κ2) is 6.02. The highest BCUT2D eigenvalue weighted by Gasteiger charge is 2.31. The molecule has 1 aromatic carbocycles. The summed E-state index contributed by atoms with van der Waals surface area (Å²) >= 11 is 0. The molecule has 0 fully saturated rings. The molecule has 0 saturated heterocycles. The topological polar surface area (TPSA) is 75.6 Å². The molecule has 8 heteroatoms. The van der Waals surface area contributed by atoms with E-state index in [1.54, 1.807) is 0 Å². The lowest BCUT2D eigenvalue weighted by atomic mass is 9.94. The van der Waals surface area contributed by atoms with Gasteiger partial charge in [-0.05, 0) is 38.1 Å². The molecule has 1 rings (SSSR count). The number of carboxylic acids is 1. The monoisotopic (exact) mass is 305 g/mol. The summed E-state index contributed by atoms with van der Waals surface area (Å²) in [7, 11) is 0. The molecule has 2 N–H and O–H groups in total. The van der Waals surface area contributed by atoms with E-state index < -0.39 is 29.4 Å². The van der Waals surface area contributed by atoms with Crippen LogP contribution in [0.5, 0.6) is 5.75 Å². The normalized spacial score (nSPS) is 11.9. The summed E-state index contributed by atoms with van der Waals surface area (Å²) < 4.78 is 39.6. The highest BCUT2D eigenvalue weighted by molar-refractivity contribution is 5.94. The third-order valence-electron chi connectivity index (χ3n) is 2.62. The number of halogens is 3. The second-order valence-corrected chi connectivity index (χ2v) is 4.94. The maximum absolute atomic E-state index is 12.0. The second-order valence-electron chi connectivity index (χ2n) is 4.94. The fourth-order valence-corrected chi connectivity index (χ4v) is 1.29. The lowest BCUT2D eigenvalue weighted by Gasteiger charge is -2.19. The first-order valence-corrected chi connectivity index (χ1v) is 5.89. The molecule has 0 aliphatic carbocycles. The van der Waals surface area contributed by atoms with Crippen LogP contribution in [0.1, 0.15) is 24.2 Å². The first-order chi connectivity index (χ1) is 9.51. The van der Waals surface area contributed by atoms with Crippen molar-refractivity contribution in [2.24, 2.45) is 5.41 Å². The molecule has 0 atom stereocenters. The quantitative estimate of drug-likeness (QED) is 0.876. The number of ether oxygens (including phenoxy) is 1. The van der Waals surface area contributed by atoms with E-state index in [2.05, 4.69) is 10.1 Å².